The van der Waals surface area contributed by atoms with Crippen molar-refractivity contribution in [3.8, 4) is 5.69 Å². The Balaban J connectivity index is 2.45. The summed E-state index contributed by atoms with van der Waals surface area (Å²) in [5, 5.41) is 13.2. The Bertz CT molecular complexity index is 695. The molecule has 2 rings (SSSR count). The van der Waals surface area contributed by atoms with Crippen molar-refractivity contribution in [2.24, 2.45) is 5.92 Å². The fourth-order valence-electron chi connectivity index (χ4n) is 2.25. The Labute approximate surface area is 121 Å². The number of aryl methyl sites for hydroxylation is 1. The molecule has 0 fully saturated rings. The lowest BCUT2D eigenvalue weighted by Gasteiger charge is -2.08. The summed E-state index contributed by atoms with van der Waals surface area (Å²) < 4.78 is 28.2. The number of aromatic nitrogens is 2. The van der Waals surface area contributed by atoms with E-state index in [2.05, 4.69) is 5.10 Å². The number of hydrogen-bond acceptors (Lipinski definition) is 2. The molecule has 1 N–H and O–H groups in total. The standard InChI is InChI=1S/C15H16F2N2O2/c1-8(15(20)21)6-12-9(2)18-19(10(12)3)14-5-4-11(16)7-13(14)17/h4-5,7-8H,6H2,1-3H3,(H,20,21). The first-order valence-electron chi connectivity index (χ1n) is 6.54. The Morgan fingerprint density at radius 1 is 1.38 bits per heavy atom. The Hall–Kier alpha value is -2.24. The van der Waals surface area contributed by atoms with Crippen LogP contribution in [0.4, 0.5) is 8.78 Å². The molecule has 1 unspecified atom stereocenters. The van der Waals surface area contributed by atoms with Crippen LogP contribution < -0.4 is 0 Å². The maximum Gasteiger partial charge on any atom is 0.306 e. The minimum absolute atomic E-state index is 0.145. The number of carboxylic acids is 1. The summed E-state index contributed by atoms with van der Waals surface area (Å²) in [6, 6.07) is 3.27. The average molecular weight is 294 g/mol. The van der Waals surface area contributed by atoms with Crippen LogP contribution in [-0.2, 0) is 11.2 Å². The third kappa shape index (κ3) is 2.94. The van der Waals surface area contributed by atoms with Gasteiger partial charge < -0.3 is 5.11 Å². The SMILES string of the molecule is Cc1nn(-c2ccc(F)cc2F)c(C)c1CC(C)C(=O)O. The molecule has 1 aromatic carbocycles. The molecular weight excluding hydrogens is 278 g/mol. The molecule has 6 heteroatoms. The minimum atomic E-state index is -0.894. The van der Waals surface area contributed by atoms with Gasteiger partial charge in [-0.1, -0.05) is 6.92 Å². The lowest BCUT2D eigenvalue weighted by molar-refractivity contribution is -0.141. The van der Waals surface area contributed by atoms with Crippen molar-refractivity contribution < 1.29 is 18.7 Å². The van der Waals surface area contributed by atoms with Crippen LogP contribution in [0.2, 0.25) is 0 Å². The summed E-state index contributed by atoms with van der Waals surface area (Å²) in [7, 11) is 0. The number of nitrogens with zero attached hydrogens (tertiary/aromatic N) is 2. The highest BCUT2D eigenvalue weighted by Gasteiger charge is 2.20. The lowest BCUT2D eigenvalue weighted by atomic mass is 10.00. The Kier molecular flexibility index (Phi) is 4.06. The summed E-state index contributed by atoms with van der Waals surface area (Å²) in [5.74, 6) is -2.82. The monoisotopic (exact) mass is 294 g/mol. The van der Waals surface area contributed by atoms with Crippen molar-refractivity contribution in [2.45, 2.75) is 27.2 Å². The maximum absolute atomic E-state index is 13.9. The smallest absolute Gasteiger partial charge is 0.306 e. The largest absolute Gasteiger partial charge is 0.481 e. The Morgan fingerprint density at radius 3 is 2.62 bits per heavy atom. The van der Waals surface area contributed by atoms with Gasteiger partial charge in [0.05, 0.1) is 11.6 Å². The van der Waals surface area contributed by atoms with Crippen molar-refractivity contribution >= 4 is 5.97 Å². The van der Waals surface area contributed by atoms with E-state index >= 15 is 0 Å². The molecule has 2 aromatic rings. The number of aliphatic carboxylic acids is 1. The highest BCUT2D eigenvalue weighted by molar-refractivity contribution is 5.70. The first-order chi connectivity index (χ1) is 9.81. The number of halogens is 2. The molecule has 21 heavy (non-hydrogen) atoms. The van der Waals surface area contributed by atoms with E-state index < -0.39 is 23.5 Å². The van der Waals surface area contributed by atoms with E-state index in [1.807, 2.05) is 0 Å². The van der Waals surface area contributed by atoms with E-state index in [-0.39, 0.29) is 5.69 Å². The van der Waals surface area contributed by atoms with Crippen molar-refractivity contribution in [1.82, 2.24) is 9.78 Å². The molecule has 1 heterocycles. The van der Waals surface area contributed by atoms with Gasteiger partial charge in [0.1, 0.15) is 11.5 Å². The average Bonchev–Trinajstić information content (AvgIpc) is 2.66. The van der Waals surface area contributed by atoms with Crippen LogP contribution in [0.3, 0.4) is 0 Å². The molecule has 4 nitrogen and oxygen atoms in total. The summed E-state index contributed by atoms with van der Waals surface area (Å²) in [6.45, 7) is 5.10. The van der Waals surface area contributed by atoms with Gasteiger partial charge in [0.25, 0.3) is 0 Å². The van der Waals surface area contributed by atoms with Crippen molar-refractivity contribution in [3.63, 3.8) is 0 Å². The molecule has 1 atom stereocenters. The molecule has 0 amide bonds. The van der Waals surface area contributed by atoms with Crippen LogP contribution in [-0.4, -0.2) is 20.9 Å². The van der Waals surface area contributed by atoms with E-state index in [1.54, 1.807) is 20.8 Å². The number of carbonyl (C=O) groups is 1. The predicted octanol–water partition coefficient (Wildman–Crippen LogP) is 3.03. The molecule has 1 aromatic heterocycles. The van der Waals surface area contributed by atoms with E-state index in [9.17, 15) is 13.6 Å². The predicted molar refractivity (Wildman–Crippen MR) is 73.5 cm³/mol. The number of rotatable bonds is 4. The molecule has 0 aliphatic heterocycles. The first kappa shape index (κ1) is 15.2. The fraction of sp³-hybridized carbons (Fsp3) is 0.333. The van der Waals surface area contributed by atoms with Gasteiger partial charge in [-0.25, -0.2) is 13.5 Å². The van der Waals surface area contributed by atoms with Crippen LogP contribution in [0, 0.1) is 31.4 Å². The summed E-state index contributed by atoms with van der Waals surface area (Å²) in [6.07, 6.45) is 0.315. The second-order valence-corrected chi connectivity index (χ2v) is 5.10. The zero-order chi connectivity index (χ0) is 15.7. The lowest BCUT2D eigenvalue weighted by Crippen LogP contribution is -2.13. The zero-order valence-corrected chi connectivity index (χ0v) is 12.0. The third-order valence-corrected chi connectivity index (χ3v) is 3.51. The maximum atomic E-state index is 13.9. The van der Waals surface area contributed by atoms with Crippen molar-refractivity contribution in [3.05, 3.63) is 46.8 Å². The molecule has 0 saturated heterocycles. The minimum Gasteiger partial charge on any atom is -0.481 e. The van der Waals surface area contributed by atoms with E-state index in [0.717, 1.165) is 17.7 Å². The molecule has 0 aliphatic rings. The van der Waals surface area contributed by atoms with Crippen LogP contribution in [0.15, 0.2) is 18.2 Å². The molecular formula is C15H16F2N2O2. The van der Waals surface area contributed by atoms with E-state index in [0.29, 0.717) is 17.8 Å². The quantitative estimate of drug-likeness (QED) is 0.943. The first-order valence-corrected chi connectivity index (χ1v) is 6.54. The molecule has 0 aliphatic carbocycles. The molecule has 112 valence electrons. The van der Waals surface area contributed by atoms with Crippen molar-refractivity contribution in [2.75, 3.05) is 0 Å². The van der Waals surface area contributed by atoms with Gasteiger partial charge in [-0.3, -0.25) is 4.79 Å². The van der Waals surface area contributed by atoms with Gasteiger partial charge in [0, 0.05) is 11.8 Å². The summed E-state index contributed by atoms with van der Waals surface area (Å²) in [5.41, 5.74) is 2.22. The van der Waals surface area contributed by atoms with E-state index in [1.165, 1.54) is 10.7 Å². The van der Waals surface area contributed by atoms with Crippen LogP contribution in [0.5, 0.6) is 0 Å². The zero-order valence-electron chi connectivity index (χ0n) is 12.0. The van der Waals surface area contributed by atoms with E-state index in [4.69, 9.17) is 5.11 Å². The fourth-order valence-corrected chi connectivity index (χ4v) is 2.25. The molecule has 0 spiro atoms. The van der Waals surface area contributed by atoms with Crippen LogP contribution >= 0.6 is 0 Å². The Morgan fingerprint density at radius 2 is 2.05 bits per heavy atom. The van der Waals surface area contributed by atoms with Crippen LogP contribution in [0.1, 0.15) is 23.9 Å². The number of hydrogen-bond donors (Lipinski definition) is 1. The van der Waals surface area contributed by atoms with Gasteiger partial charge in [-0.2, -0.15) is 5.10 Å². The van der Waals surface area contributed by atoms with Gasteiger partial charge >= 0.3 is 5.97 Å². The van der Waals surface area contributed by atoms with Crippen molar-refractivity contribution in [1.29, 1.82) is 0 Å². The normalized spacial score (nSPS) is 12.4. The highest BCUT2D eigenvalue weighted by Crippen LogP contribution is 2.23. The number of benzene rings is 1. The summed E-state index contributed by atoms with van der Waals surface area (Å²) in [4.78, 5) is 11.0. The second kappa shape index (κ2) is 5.63. The molecule has 0 bridgehead atoms. The van der Waals surface area contributed by atoms with Gasteiger partial charge in [0.15, 0.2) is 5.82 Å². The highest BCUT2D eigenvalue weighted by atomic mass is 19.1. The van der Waals surface area contributed by atoms with Gasteiger partial charge in [-0.05, 0) is 38.0 Å². The summed E-state index contributed by atoms with van der Waals surface area (Å²) >= 11 is 0. The van der Waals surface area contributed by atoms with Gasteiger partial charge in [-0.15, -0.1) is 0 Å². The second-order valence-electron chi connectivity index (χ2n) is 5.10. The topological polar surface area (TPSA) is 55.1 Å². The van der Waals surface area contributed by atoms with Crippen LogP contribution in [0.25, 0.3) is 5.69 Å². The third-order valence-electron chi connectivity index (χ3n) is 3.51. The molecule has 0 saturated carbocycles. The molecule has 0 radical (unpaired) electrons. The van der Waals surface area contributed by atoms with Gasteiger partial charge in [0.2, 0.25) is 0 Å². The number of carboxylic acid groups (broad SMARTS) is 1.